The Balaban J connectivity index is 2.53. The molecule has 2 aromatic carbocycles. The van der Waals surface area contributed by atoms with Gasteiger partial charge >= 0.3 is 0 Å². The molecule has 2 rings (SSSR count). The minimum Gasteiger partial charge on any atom is -0.383 e. The van der Waals surface area contributed by atoms with Gasteiger partial charge in [0.25, 0.3) is 0 Å². The van der Waals surface area contributed by atoms with E-state index in [4.69, 9.17) is 0 Å². The lowest BCUT2D eigenvalue weighted by molar-refractivity contribution is 0.208. The Bertz CT molecular complexity index is 623. The van der Waals surface area contributed by atoms with Crippen LogP contribution in [0.15, 0.2) is 30.3 Å². The Hall–Kier alpha value is -1.81. The summed E-state index contributed by atoms with van der Waals surface area (Å²) in [6.45, 7) is 3.14. The highest BCUT2D eigenvalue weighted by atomic mass is 19.2. The van der Waals surface area contributed by atoms with E-state index < -0.39 is 23.6 Å². The average Bonchev–Trinajstić information content (AvgIpc) is 2.38. The molecule has 1 unspecified atom stereocenters. The maximum atomic E-state index is 13.8. The molecule has 0 saturated carbocycles. The van der Waals surface area contributed by atoms with Gasteiger partial charge in [-0.3, -0.25) is 0 Å². The normalized spacial score (nSPS) is 12.5. The van der Waals surface area contributed by atoms with Crippen molar-refractivity contribution >= 4 is 0 Å². The molecule has 0 spiro atoms. The molecule has 1 N–H and O–H groups in total. The number of aryl methyl sites for hydroxylation is 2. The zero-order valence-corrected chi connectivity index (χ0v) is 10.5. The first-order valence-electron chi connectivity index (χ1n) is 5.80. The van der Waals surface area contributed by atoms with Crippen molar-refractivity contribution in [1.82, 2.24) is 0 Å². The lowest BCUT2D eigenvalue weighted by Crippen LogP contribution is -2.07. The Morgan fingerprint density at radius 1 is 0.895 bits per heavy atom. The number of aliphatic hydroxyl groups is 1. The summed E-state index contributed by atoms with van der Waals surface area (Å²) in [4.78, 5) is 0. The van der Waals surface area contributed by atoms with E-state index in [1.807, 2.05) is 0 Å². The number of halogens is 3. The summed E-state index contributed by atoms with van der Waals surface area (Å²) in [6.07, 6.45) is -1.53. The van der Waals surface area contributed by atoms with Crippen molar-refractivity contribution in [3.63, 3.8) is 0 Å². The van der Waals surface area contributed by atoms with Gasteiger partial charge in [0, 0.05) is 11.1 Å². The predicted octanol–water partition coefficient (Wildman–Crippen LogP) is 3.80. The quantitative estimate of drug-likeness (QED) is 0.876. The number of benzene rings is 2. The minimum atomic E-state index is -1.53. The van der Waals surface area contributed by atoms with Crippen LogP contribution < -0.4 is 0 Å². The van der Waals surface area contributed by atoms with Crippen LogP contribution in [0.1, 0.15) is 28.4 Å². The Labute approximate surface area is 109 Å². The van der Waals surface area contributed by atoms with E-state index in [2.05, 4.69) is 0 Å². The fourth-order valence-corrected chi connectivity index (χ4v) is 1.91. The van der Waals surface area contributed by atoms with Crippen LogP contribution in [-0.2, 0) is 0 Å². The predicted molar refractivity (Wildman–Crippen MR) is 66.3 cm³/mol. The van der Waals surface area contributed by atoms with Crippen molar-refractivity contribution in [3.8, 4) is 0 Å². The summed E-state index contributed by atoms with van der Waals surface area (Å²) in [6, 6.07) is 6.76. The van der Waals surface area contributed by atoms with Crippen molar-refractivity contribution < 1.29 is 18.3 Å². The first-order chi connectivity index (χ1) is 8.91. The molecular weight excluding hydrogens is 253 g/mol. The fraction of sp³-hybridized carbons (Fsp3) is 0.200. The van der Waals surface area contributed by atoms with Crippen LogP contribution in [0.4, 0.5) is 13.2 Å². The molecule has 0 aliphatic heterocycles. The van der Waals surface area contributed by atoms with Gasteiger partial charge in [-0.2, -0.15) is 0 Å². The van der Waals surface area contributed by atoms with E-state index in [1.54, 1.807) is 6.92 Å². The van der Waals surface area contributed by atoms with Gasteiger partial charge in [0.15, 0.2) is 11.6 Å². The Morgan fingerprint density at radius 2 is 1.58 bits per heavy atom. The van der Waals surface area contributed by atoms with Crippen LogP contribution in [0.3, 0.4) is 0 Å². The maximum Gasteiger partial charge on any atom is 0.165 e. The largest absolute Gasteiger partial charge is 0.383 e. The third-order valence-corrected chi connectivity index (χ3v) is 3.05. The minimum absolute atomic E-state index is 0.0675. The standard InChI is InChI=1S/C15H13F3O/c1-8-3-6-12(16)11(7-8)15(19)10-5-4-9(2)13(17)14(10)18/h3-7,15,19H,1-2H3. The number of aliphatic hydroxyl groups excluding tert-OH is 1. The maximum absolute atomic E-state index is 13.8. The van der Waals surface area contributed by atoms with Gasteiger partial charge < -0.3 is 5.11 Å². The smallest absolute Gasteiger partial charge is 0.165 e. The van der Waals surface area contributed by atoms with Crippen LogP contribution >= 0.6 is 0 Å². The molecule has 0 amide bonds. The molecule has 0 saturated heterocycles. The molecule has 0 radical (unpaired) electrons. The molecule has 0 aromatic heterocycles. The molecule has 100 valence electrons. The summed E-state index contributed by atoms with van der Waals surface area (Å²) in [5.74, 6) is -2.82. The molecule has 4 heteroatoms. The second-order valence-corrected chi connectivity index (χ2v) is 4.53. The molecule has 0 heterocycles. The first-order valence-corrected chi connectivity index (χ1v) is 5.80. The summed E-state index contributed by atoms with van der Waals surface area (Å²) in [5.41, 5.74) is 0.524. The second-order valence-electron chi connectivity index (χ2n) is 4.53. The van der Waals surface area contributed by atoms with Gasteiger partial charge in [-0.15, -0.1) is 0 Å². The number of hydrogen-bond donors (Lipinski definition) is 1. The van der Waals surface area contributed by atoms with Crippen molar-refractivity contribution in [2.75, 3.05) is 0 Å². The Kier molecular flexibility index (Phi) is 3.62. The molecule has 0 fully saturated rings. The second kappa shape index (κ2) is 5.05. The van der Waals surface area contributed by atoms with E-state index >= 15 is 0 Å². The summed E-state index contributed by atoms with van der Waals surface area (Å²) < 4.78 is 40.9. The highest BCUT2D eigenvalue weighted by Crippen LogP contribution is 2.29. The first kappa shape index (κ1) is 13.6. The molecular formula is C15H13F3O. The van der Waals surface area contributed by atoms with Crippen molar-refractivity contribution in [1.29, 1.82) is 0 Å². The summed E-state index contributed by atoms with van der Waals surface area (Å²) in [5, 5.41) is 10.0. The Morgan fingerprint density at radius 3 is 2.26 bits per heavy atom. The zero-order valence-electron chi connectivity index (χ0n) is 10.5. The molecule has 0 aliphatic rings. The van der Waals surface area contributed by atoms with Gasteiger partial charge in [0.1, 0.15) is 11.9 Å². The van der Waals surface area contributed by atoms with Gasteiger partial charge in [0.2, 0.25) is 0 Å². The molecule has 0 bridgehead atoms. The van der Waals surface area contributed by atoms with Crippen molar-refractivity contribution in [2.45, 2.75) is 20.0 Å². The molecule has 19 heavy (non-hydrogen) atoms. The van der Waals surface area contributed by atoms with E-state index in [-0.39, 0.29) is 16.7 Å². The van der Waals surface area contributed by atoms with E-state index in [0.29, 0.717) is 0 Å². The van der Waals surface area contributed by atoms with E-state index in [9.17, 15) is 18.3 Å². The number of rotatable bonds is 2. The van der Waals surface area contributed by atoms with E-state index in [1.165, 1.54) is 37.3 Å². The van der Waals surface area contributed by atoms with Crippen LogP contribution in [0.5, 0.6) is 0 Å². The van der Waals surface area contributed by atoms with Crippen LogP contribution in [0.25, 0.3) is 0 Å². The SMILES string of the molecule is Cc1ccc(F)c(C(O)c2ccc(C)c(F)c2F)c1. The van der Waals surface area contributed by atoms with Crippen molar-refractivity contribution in [3.05, 3.63) is 70.0 Å². The van der Waals surface area contributed by atoms with Gasteiger partial charge in [-0.05, 0) is 25.5 Å². The third kappa shape index (κ3) is 2.49. The van der Waals surface area contributed by atoms with Crippen LogP contribution in [0.2, 0.25) is 0 Å². The summed E-state index contributed by atoms with van der Waals surface area (Å²) in [7, 11) is 0. The molecule has 1 nitrogen and oxygen atoms in total. The summed E-state index contributed by atoms with van der Waals surface area (Å²) >= 11 is 0. The third-order valence-electron chi connectivity index (χ3n) is 3.05. The topological polar surface area (TPSA) is 20.2 Å². The van der Waals surface area contributed by atoms with Crippen molar-refractivity contribution in [2.24, 2.45) is 0 Å². The van der Waals surface area contributed by atoms with Gasteiger partial charge in [0.05, 0.1) is 0 Å². The average molecular weight is 266 g/mol. The lowest BCUT2D eigenvalue weighted by Gasteiger charge is -2.15. The molecule has 2 aromatic rings. The molecule has 0 aliphatic carbocycles. The monoisotopic (exact) mass is 266 g/mol. The van der Waals surface area contributed by atoms with Gasteiger partial charge in [-0.1, -0.05) is 29.8 Å². The van der Waals surface area contributed by atoms with Crippen LogP contribution in [-0.4, -0.2) is 5.11 Å². The highest BCUT2D eigenvalue weighted by molar-refractivity contribution is 5.36. The van der Waals surface area contributed by atoms with Gasteiger partial charge in [-0.25, -0.2) is 13.2 Å². The lowest BCUT2D eigenvalue weighted by atomic mass is 9.98. The van der Waals surface area contributed by atoms with Crippen LogP contribution in [0, 0.1) is 31.3 Å². The molecule has 1 atom stereocenters. The number of hydrogen-bond acceptors (Lipinski definition) is 1. The van der Waals surface area contributed by atoms with E-state index in [0.717, 1.165) is 5.56 Å². The fourth-order valence-electron chi connectivity index (χ4n) is 1.91. The highest BCUT2D eigenvalue weighted by Gasteiger charge is 2.21. The zero-order chi connectivity index (χ0) is 14.2.